The Bertz CT molecular complexity index is 393. The van der Waals surface area contributed by atoms with Crippen LogP contribution in [0.5, 0.6) is 5.75 Å². The lowest BCUT2D eigenvalue weighted by Crippen LogP contribution is -2.28. The van der Waals surface area contributed by atoms with E-state index < -0.39 is 5.97 Å². The Hall–Kier alpha value is -1.79. The topological polar surface area (TPSA) is 149 Å². The van der Waals surface area contributed by atoms with Crippen molar-refractivity contribution in [2.75, 3.05) is 39.6 Å². The average molecular weight is 335 g/mol. The zero-order chi connectivity index (χ0) is 17.5. The van der Waals surface area contributed by atoms with Gasteiger partial charge in [-0.2, -0.15) is 0 Å². The van der Waals surface area contributed by atoms with E-state index in [1.165, 1.54) is 24.3 Å². The van der Waals surface area contributed by atoms with Crippen molar-refractivity contribution in [2.24, 2.45) is 0 Å². The van der Waals surface area contributed by atoms with Crippen molar-refractivity contribution in [3.63, 3.8) is 0 Å². The first-order valence-corrected chi connectivity index (χ1v) is 6.59. The van der Waals surface area contributed by atoms with E-state index in [-0.39, 0.29) is 51.0 Å². The number of aromatic carboxylic acids is 1. The van der Waals surface area contributed by atoms with Gasteiger partial charge in [0.1, 0.15) is 5.75 Å². The van der Waals surface area contributed by atoms with Crippen molar-refractivity contribution in [3.8, 4) is 5.75 Å². The molecule has 0 aliphatic carbocycles. The van der Waals surface area contributed by atoms with E-state index in [9.17, 15) is 4.79 Å². The summed E-state index contributed by atoms with van der Waals surface area (Å²) in [5.41, 5.74) is 0.179. The van der Waals surface area contributed by atoms with Crippen LogP contribution in [-0.4, -0.2) is 76.5 Å². The maximum atomic E-state index is 10.2. The Morgan fingerprint density at radius 3 is 1.57 bits per heavy atom. The summed E-state index contributed by atoms with van der Waals surface area (Å²) in [7, 11) is 0. The van der Waals surface area contributed by atoms with Crippen LogP contribution in [0.15, 0.2) is 24.3 Å². The van der Waals surface area contributed by atoms with Gasteiger partial charge >= 0.3 is 5.97 Å². The second-order valence-corrected chi connectivity index (χ2v) is 3.75. The van der Waals surface area contributed by atoms with Crippen LogP contribution in [0.25, 0.3) is 0 Å². The highest BCUT2D eigenvalue weighted by atomic mass is 17.2. The minimum atomic E-state index is -0.986. The molecule has 10 nitrogen and oxygen atoms in total. The molecule has 0 aromatic heterocycles. The lowest BCUT2D eigenvalue weighted by atomic mass is 10.2. The predicted octanol–water partition coefficient (Wildman–Crippen LogP) is -0.850. The summed E-state index contributed by atoms with van der Waals surface area (Å²) in [5, 5.41) is 43.0. The molecule has 0 bridgehead atoms. The molecule has 23 heavy (non-hydrogen) atoms. The third kappa shape index (κ3) is 11.4. The van der Waals surface area contributed by atoms with Gasteiger partial charge in [0.15, 0.2) is 0 Å². The minimum absolute atomic E-state index is 0.0108. The molecule has 10 heteroatoms. The van der Waals surface area contributed by atoms with Gasteiger partial charge in [0.05, 0.1) is 50.6 Å². The van der Waals surface area contributed by atoms with Gasteiger partial charge in [0.25, 0.3) is 0 Å². The molecule has 0 spiro atoms. The monoisotopic (exact) mass is 335 g/mol. The SMILES string of the molecule is O=C(O)c1ccc(O)cc1.OCCON(OCCO)OCCO. The third-order valence-electron chi connectivity index (χ3n) is 1.98. The fourth-order valence-electron chi connectivity index (χ4n) is 1.06. The molecule has 0 fully saturated rings. The van der Waals surface area contributed by atoms with E-state index in [0.29, 0.717) is 5.39 Å². The van der Waals surface area contributed by atoms with E-state index in [1.54, 1.807) is 0 Å². The molecule has 0 saturated carbocycles. The van der Waals surface area contributed by atoms with E-state index in [1.807, 2.05) is 0 Å². The number of carboxylic acid groups (broad SMARTS) is 1. The lowest BCUT2D eigenvalue weighted by Gasteiger charge is -2.17. The fraction of sp³-hybridized carbons (Fsp3) is 0.462. The van der Waals surface area contributed by atoms with Crippen LogP contribution in [0.1, 0.15) is 10.4 Å². The number of aliphatic hydroxyl groups is 3. The first-order valence-electron chi connectivity index (χ1n) is 6.59. The number of nitrogens with zero attached hydrogens (tertiary/aromatic N) is 1. The molecule has 0 aliphatic rings. The third-order valence-corrected chi connectivity index (χ3v) is 1.98. The number of hydrogen-bond donors (Lipinski definition) is 5. The maximum Gasteiger partial charge on any atom is 0.335 e. The summed E-state index contributed by atoms with van der Waals surface area (Å²) in [4.78, 5) is 24.4. The molecule has 0 heterocycles. The molecule has 1 rings (SSSR count). The molecule has 0 saturated heterocycles. The smallest absolute Gasteiger partial charge is 0.335 e. The fourth-order valence-corrected chi connectivity index (χ4v) is 1.06. The summed E-state index contributed by atoms with van der Waals surface area (Å²) in [5.74, 6) is -0.912. The zero-order valence-electron chi connectivity index (χ0n) is 12.4. The van der Waals surface area contributed by atoms with Crippen molar-refractivity contribution in [3.05, 3.63) is 29.8 Å². The van der Waals surface area contributed by atoms with Crippen molar-refractivity contribution < 1.29 is 44.8 Å². The number of phenols is 1. The van der Waals surface area contributed by atoms with Crippen LogP contribution in [-0.2, 0) is 14.5 Å². The van der Waals surface area contributed by atoms with Gasteiger partial charge in [-0.15, -0.1) is 0 Å². The normalized spacial score (nSPS) is 10.3. The number of benzene rings is 1. The van der Waals surface area contributed by atoms with E-state index in [2.05, 4.69) is 0 Å². The van der Waals surface area contributed by atoms with Gasteiger partial charge in [0.2, 0.25) is 0 Å². The molecule has 0 unspecified atom stereocenters. The minimum Gasteiger partial charge on any atom is -0.508 e. The number of aliphatic hydroxyl groups excluding tert-OH is 3. The average Bonchev–Trinajstić information content (AvgIpc) is 2.55. The predicted molar refractivity (Wildman–Crippen MR) is 76.0 cm³/mol. The number of rotatable bonds is 10. The first-order chi connectivity index (χ1) is 11.0. The summed E-state index contributed by atoms with van der Waals surface area (Å²) >= 11 is 0. The molecule has 132 valence electrons. The number of hydrogen-bond acceptors (Lipinski definition) is 9. The molecule has 0 aliphatic heterocycles. The number of aromatic hydroxyl groups is 1. The van der Waals surface area contributed by atoms with Crippen LogP contribution in [0.4, 0.5) is 0 Å². The van der Waals surface area contributed by atoms with Crippen LogP contribution >= 0.6 is 0 Å². The van der Waals surface area contributed by atoms with E-state index in [0.717, 1.165) is 0 Å². The number of phenolic OH excluding ortho intramolecular Hbond substituents is 1. The first kappa shape index (κ1) is 21.2. The highest BCUT2D eigenvalue weighted by Crippen LogP contribution is 2.08. The second kappa shape index (κ2) is 13.8. The standard InChI is InChI=1S/C7H6O3.C6H15NO6/c8-6-3-1-5(2-4-6)7(9)10;8-1-4-11-7(12-5-2-9)13-6-3-10/h1-4,8H,(H,9,10);8-10H,1-6H2. The zero-order valence-corrected chi connectivity index (χ0v) is 12.4. The van der Waals surface area contributed by atoms with Crippen molar-refractivity contribution >= 4 is 5.97 Å². The summed E-state index contributed by atoms with van der Waals surface area (Å²) in [6.45, 7) is -0.505. The Morgan fingerprint density at radius 2 is 1.26 bits per heavy atom. The molecule has 1 aromatic rings. The van der Waals surface area contributed by atoms with Crippen LogP contribution in [0.2, 0.25) is 0 Å². The van der Waals surface area contributed by atoms with Gasteiger partial charge < -0.3 is 25.5 Å². The summed E-state index contributed by atoms with van der Waals surface area (Å²) in [6, 6.07) is 5.36. The largest absolute Gasteiger partial charge is 0.508 e. The van der Waals surface area contributed by atoms with Gasteiger partial charge in [0, 0.05) is 0 Å². The molecule has 0 amide bonds. The van der Waals surface area contributed by atoms with Crippen LogP contribution in [0, 0.1) is 0 Å². The Kier molecular flexibility index (Phi) is 12.8. The van der Waals surface area contributed by atoms with Crippen molar-refractivity contribution in [1.29, 1.82) is 0 Å². The van der Waals surface area contributed by atoms with Gasteiger partial charge in [-0.05, 0) is 24.3 Å². The molecular formula is C13H21NO9. The lowest BCUT2D eigenvalue weighted by molar-refractivity contribution is -0.527. The second-order valence-electron chi connectivity index (χ2n) is 3.75. The maximum absolute atomic E-state index is 10.2. The van der Waals surface area contributed by atoms with Gasteiger partial charge in [-0.25, -0.2) is 19.3 Å². The Labute approximate surface area is 132 Å². The Morgan fingerprint density at radius 1 is 0.870 bits per heavy atom. The summed E-state index contributed by atoms with van der Waals surface area (Å²) in [6.07, 6.45) is 0. The molecular weight excluding hydrogens is 314 g/mol. The highest BCUT2D eigenvalue weighted by Gasteiger charge is 2.05. The molecule has 5 N–H and O–H groups in total. The highest BCUT2D eigenvalue weighted by molar-refractivity contribution is 5.87. The van der Waals surface area contributed by atoms with E-state index in [4.69, 9.17) is 40.0 Å². The van der Waals surface area contributed by atoms with Crippen LogP contribution in [0.3, 0.4) is 0 Å². The number of carboxylic acids is 1. The van der Waals surface area contributed by atoms with Crippen molar-refractivity contribution in [1.82, 2.24) is 5.39 Å². The Balaban J connectivity index is 0.000000433. The number of carbonyl (C=O) groups is 1. The molecule has 1 aromatic carbocycles. The van der Waals surface area contributed by atoms with E-state index >= 15 is 0 Å². The van der Waals surface area contributed by atoms with Crippen LogP contribution < -0.4 is 0 Å². The van der Waals surface area contributed by atoms with Gasteiger partial charge in [-0.1, -0.05) is 0 Å². The summed E-state index contributed by atoms with van der Waals surface area (Å²) < 4.78 is 0. The molecule has 0 atom stereocenters. The van der Waals surface area contributed by atoms with Crippen molar-refractivity contribution in [2.45, 2.75) is 0 Å². The quantitative estimate of drug-likeness (QED) is 0.342. The molecule has 0 radical (unpaired) electrons. The van der Waals surface area contributed by atoms with Gasteiger partial charge in [-0.3, -0.25) is 0 Å².